The summed E-state index contributed by atoms with van der Waals surface area (Å²) in [6.07, 6.45) is 0.0835. The largest absolute Gasteiger partial charge is 0.492 e. The number of benzene rings is 1. The SMILES string of the molecule is CCOc1ccccc1NCc1ccc(CC(=O)O)s1. The molecule has 0 spiro atoms. The van der Waals surface area contributed by atoms with E-state index in [0.29, 0.717) is 13.2 Å². The number of carboxylic acids is 1. The molecule has 0 saturated heterocycles. The first kappa shape index (κ1) is 14.4. The number of anilines is 1. The van der Waals surface area contributed by atoms with Crippen molar-refractivity contribution in [2.75, 3.05) is 11.9 Å². The first-order chi connectivity index (χ1) is 9.69. The highest BCUT2D eigenvalue weighted by Crippen LogP contribution is 2.25. The predicted octanol–water partition coefficient (Wildman–Crippen LogP) is 3.39. The molecule has 0 aliphatic rings. The molecule has 0 bridgehead atoms. The van der Waals surface area contributed by atoms with Crippen molar-refractivity contribution in [2.45, 2.75) is 19.9 Å². The number of aliphatic carboxylic acids is 1. The number of nitrogens with one attached hydrogen (secondary N) is 1. The van der Waals surface area contributed by atoms with Crippen LogP contribution in [0.1, 0.15) is 16.7 Å². The van der Waals surface area contributed by atoms with Crippen LogP contribution in [0.2, 0.25) is 0 Å². The molecule has 0 saturated carbocycles. The Hall–Kier alpha value is -2.01. The standard InChI is InChI=1S/C15H17NO3S/c1-2-19-14-6-4-3-5-13(14)16-10-12-8-7-11(20-12)9-15(17)18/h3-8,16H,2,9-10H2,1H3,(H,17,18). The molecule has 0 aliphatic heterocycles. The minimum absolute atomic E-state index is 0.0835. The third-order valence-electron chi connectivity index (χ3n) is 2.68. The molecule has 1 aromatic carbocycles. The minimum Gasteiger partial charge on any atom is -0.492 e. The summed E-state index contributed by atoms with van der Waals surface area (Å²) in [4.78, 5) is 12.6. The molecule has 2 aromatic rings. The van der Waals surface area contributed by atoms with Gasteiger partial charge in [0.1, 0.15) is 5.75 Å². The average Bonchev–Trinajstić information content (AvgIpc) is 2.85. The summed E-state index contributed by atoms with van der Waals surface area (Å²) in [6.45, 7) is 3.24. The van der Waals surface area contributed by atoms with Crippen molar-refractivity contribution < 1.29 is 14.6 Å². The molecule has 4 nitrogen and oxygen atoms in total. The Kier molecular flexibility index (Phi) is 5.01. The van der Waals surface area contributed by atoms with Gasteiger partial charge in [-0.2, -0.15) is 0 Å². The number of hydrogen-bond acceptors (Lipinski definition) is 4. The van der Waals surface area contributed by atoms with Gasteiger partial charge in [0.25, 0.3) is 0 Å². The van der Waals surface area contributed by atoms with E-state index in [-0.39, 0.29) is 6.42 Å². The number of thiophene rings is 1. The second kappa shape index (κ2) is 6.96. The highest BCUT2D eigenvalue weighted by atomic mass is 32.1. The zero-order valence-electron chi connectivity index (χ0n) is 11.3. The van der Waals surface area contributed by atoms with Crippen LogP contribution >= 0.6 is 11.3 Å². The van der Waals surface area contributed by atoms with Gasteiger partial charge >= 0.3 is 5.97 Å². The number of hydrogen-bond donors (Lipinski definition) is 2. The molecule has 1 heterocycles. The molecule has 2 rings (SSSR count). The highest BCUT2D eigenvalue weighted by Gasteiger charge is 2.06. The van der Waals surface area contributed by atoms with Gasteiger partial charge < -0.3 is 15.2 Å². The molecule has 0 aliphatic carbocycles. The van der Waals surface area contributed by atoms with Crippen LogP contribution in [-0.2, 0) is 17.8 Å². The number of carboxylic acid groups (broad SMARTS) is 1. The first-order valence-electron chi connectivity index (χ1n) is 6.44. The minimum atomic E-state index is -0.798. The maximum absolute atomic E-state index is 10.6. The fraction of sp³-hybridized carbons (Fsp3) is 0.267. The fourth-order valence-corrected chi connectivity index (χ4v) is 2.79. The van der Waals surface area contributed by atoms with Crippen LogP contribution in [0.5, 0.6) is 5.75 Å². The molecule has 2 N–H and O–H groups in total. The molecule has 5 heteroatoms. The maximum atomic E-state index is 10.6. The van der Waals surface area contributed by atoms with Crippen molar-refractivity contribution in [3.63, 3.8) is 0 Å². The molecule has 0 atom stereocenters. The van der Waals surface area contributed by atoms with Crippen LogP contribution in [0.15, 0.2) is 36.4 Å². The molecule has 106 valence electrons. The van der Waals surface area contributed by atoms with Crippen molar-refractivity contribution >= 4 is 23.0 Å². The Morgan fingerprint density at radius 3 is 2.75 bits per heavy atom. The summed E-state index contributed by atoms with van der Waals surface area (Å²) in [5.74, 6) is 0.0327. The number of rotatable bonds is 7. The quantitative estimate of drug-likeness (QED) is 0.821. The second-order valence-corrected chi connectivity index (χ2v) is 5.47. The van der Waals surface area contributed by atoms with Gasteiger partial charge in [-0.05, 0) is 31.2 Å². The van der Waals surface area contributed by atoms with Crippen LogP contribution < -0.4 is 10.1 Å². The molecule has 20 heavy (non-hydrogen) atoms. The number of para-hydroxylation sites is 2. The van der Waals surface area contributed by atoms with E-state index in [9.17, 15) is 4.79 Å². The number of carbonyl (C=O) groups is 1. The Morgan fingerprint density at radius 1 is 1.25 bits per heavy atom. The van der Waals surface area contributed by atoms with E-state index in [1.54, 1.807) is 0 Å². The van der Waals surface area contributed by atoms with Crippen LogP contribution in [-0.4, -0.2) is 17.7 Å². The second-order valence-electron chi connectivity index (χ2n) is 4.22. The summed E-state index contributed by atoms with van der Waals surface area (Å²) in [5, 5.41) is 12.1. The van der Waals surface area contributed by atoms with E-state index in [1.165, 1.54) is 11.3 Å². The van der Waals surface area contributed by atoms with E-state index in [4.69, 9.17) is 9.84 Å². The van der Waals surface area contributed by atoms with Gasteiger partial charge in [0.2, 0.25) is 0 Å². The van der Waals surface area contributed by atoms with Crippen molar-refractivity contribution in [3.05, 3.63) is 46.2 Å². The van der Waals surface area contributed by atoms with E-state index in [2.05, 4.69) is 5.32 Å². The van der Waals surface area contributed by atoms with Crippen molar-refractivity contribution in [1.29, 1.82) is 0 Å². The van der Waals surface area contributed by atoms with Gasteiger partial charge in [-0.3, -0.25) is 4.79 Å². The van der Waals surface area contributed by atoms with Gasteiger partial charge in [0.05, 0.1) is 18.7 Å². The van der Waals surface area contributed by atoms with Crippen LogP contribution in [0.4, 0.5) is 5.69 Å². The Bertz CT molecular complexity index is 580. The van der Waals surface area contributed by atoms with Gasteiger partial charge in [-0.15, -0.1) is 11.3 Å². The molecular formula is C15H17NO3S. The summed E-state index contributed by atoms with van der Waals surface area (Å²) in [5.41, 5.74) is 0.947. The van der Waals surface area contributed by atoms with E-state index >= 15 is 0 Å². The lowest BCUT2D eigenvalue weighted by Crippen LogP contribution is -2.01. The lowest BCUT2D eigenvalue weighted by molar-refractivity contribution is -0.136. The van der Waals surface area contributed by atoms with Crippen LogP contribution in [0.3, 0.4) is 0 Å². The first-order valence-corrected chi connectivity index (χ1v) is 7.25. The molecule has 1 aromatic heterocycles. The van der Waals surface area contributed by atoms with Gasteiger partial charge in [-0.25, -0.2) is 0 Å². The lowest BCUT2D eigenvalue weighted by Gasteiger charge is -2.11. The highest BCUT2D eigenvalue weighted by molar-refractivity contribution is 7.12. The molecule has 0 fully saturated rings. The summed E-state index contributed by atoms with van der Waals surface area (Å²) < 4.78 is 5.55. The molecule has 0 amide bonds. The van der Waals surface area contributed by atoms with E-state index in [1.807, 2.05) is 43.3 Å². The Morgan fingerprint density at radius 2 is 2.00 bits per heavy atom. The summed E-state index contributed by atoms with van der Waals surface area (Å²) >= 11 is 1.52. The normalized spacial score (nSPS) is 10.2. The van der Waals surface area contributed by atoms with Crippen molar-refractivity contribution in [1.82, 2.24) is 0 Å². The zero-order valence-corrected chi connectivity index (χ0v) is 12.1. The predicted molar refractivity (Wildman–Crippen MR) is 80.6 cm³/mol. The van der Waals surface area contributed by atoms with Crippen LogP contribution in [0, 0.1) is 0 Å². The van der Waals surface area contributed by atoms with E-state index in [0.717, 1.165) is 21.2 Å². The third kappa shape index (κ3) is 3.99. The van der Waals surface area contributed by atoms with Gasteiger partial charge in [0, 0.05) is 16.3 Å². The van der Waals surface area contributed by atoms with Crippen LogP contribution in [0.25, 0.3) is 0 Å². The topological polar surface area (TPSA) is 58.6 Å². The zero-order chi connectivity index (χ0) is 14.4. The third-order valence-corrected chi connectivity index (χ3v) is 3.77. The van der Waals surface area contributed by atoms with Crippen molar-refractivity contribution in [2.24, 2.45) is 0 Å². The number of ether oxygens (including phenoxy) is 1. The van der Waals surface area contributed by atoms with Gasteiger partial charge in [0.15, 0.2) is 0 Å². The van der Waals surface area contributed by atoms with Crippen molar-refractivity contribution in [3.8, 4) is 5.75 Å². The Labute approximate surface area is 122 Å². The smallest absolute Gasteiger partial charge is 0.308 e. The summed E-state index contributed by atoms with van der Waals surface area (Å²) in [6, 6.07) is 11.6. The lowest BCUT2D eigenvalue weighted by atomic mass is 10.3. The molecule has 0 radical (unpaired) electrons. The van der Waals surface area contributed by atoms with E-state index < -0.39 is 5.97 Å². The van der Waals surface area contributed by atoms with Gasteiger partial charge in [-0.1, -0.05) is 12.1 Å². The molecular weight excluding hydrogens is 274 g/mol. The average molecular weight is 291 g/mol. The summed E-state index contributed by atoms with van der Waals surface area (Å²) in [7, 11) is 0. The maximum Gasteiger partial charge on any atom is 0.308 e. The Balaban J connectivity index is 1.98. The fourth-order valence-electron chi connectivity index (χ4n) is 1.84. The molecule has 0 unspecified atom stereocenters. The monoisotopic (exact) mass is 291 g/mol.